The third kappa shape index (κ3) is 3.71. The number of ether oxygens (including phenoxy) is 1. The number of amides is 1. The first kappa shape index (κ1) is 14.3. The molecular formula is C15H19N3O2S. The molecule has 2 aromatic heterocycles. The van der Waals surface area contributed by atoms with Gasteiger partial charge in [-0.05, 0) is 30.4 Å². The third-order valence-corrected chi connectivity index (χ3v) is 4.58. The lowest BCUT2D eigenvalue weighted by Crippen LogP contribution is -2.44. The van der Waals surface area contributed by atoms with Gasteiger partial charge in [0.05, 0.1) is 6.54 Å². The standard InChI is InChI=1S/C15H19N3O2S/c19-15(12-17-7-2-6-16-17)18(11-14-3-1-10-21-14)13-4-8-20-9-5-13/h1-3,6-7,10,13H,4-5,8-9,11-12H2. The van der Waals surface area contributed by atoms with Gasteiger partial charge in [0.25, 0.3) is 0 Å². The summed E-state index contributed by atoms with van der Waals surface area (Å²) < 4.78 is 7.10. The molecule has 1 aliphatic rings. The molecule has 0 unspecified atom stereocenters. The summed E-state index contributed by atoms with van der Waals surface area (Å²) in [5, 5.41) is 6.18. The van der Waals surface area contributed by atoms with Gasteiger partial charge in [0, 0.05) is 36.5 Å². The Morgan fingerprint density at radius 3 is 2.95 bits per heavy atom. The molecule has 1 saturated heterocycles. The van der Waals surface area contributed by atoms with Gasteiger partial charge in [0.15, 0.2) is 0 Å². The van der Waals surface area contributed by atoms with Crippen LogP contribution >= 0.6 is 11.3 Å². The second kappa shape index (κ2) is 6.87. The third-order valence-electron chi connectivity index (χ3n) is 3.71. The van der Waals surface area contributed by atoms with Crippen LogP contribution in [-0.4, -0.2) is 39.8 Å². The number of carbonyl (C=O) groups is 1. The van der Waals surface area contributed by atoms with E-state index >= 15 is 0 Å². The second-order valence-corrected chi connectivity index (χ2v) is 6.18. The molecule has 1 aliphatic heterocycles. The van der Waals surface area contributed by atoms with Gasteiger partial charge in [0.1, 0.15) is 6.54 Å². The molecule has 5 nitrogen and oxygen atoms in total. The Morgan fingerprint density at radius 1 is 1.43 bits per heavy atom. The van der Waals surface area contributed by atoms with Gasteiger partial charge >= 0.3 is 0 Å². The van der Waals surface area contributed by atoms with E-state index < -0.39 is 0 Å². The summed E-state index contributed by atoms with van der Waals surface area (Å²) in [5.41, 5.74) is 0. The van der Waals surface area contributed by atoms with Gasteiger partial charge in [-0.1, -0.05) is 6.07 Å². The van der Waals surface area contributed by atoms with Gasteiger partial charge in [-0.2, -0.15) is 5.10 Å². The van der Waals surface area contributed by atoms with Crippen molar-refractivity contribution in [2.24, 2.45) is 0 Å². The van der Waals surface area contributed by atoms with Gasteiger partial charge in [-0.25, -0.2) is 0 Å². The van der Waals surface area contributed by atoms with Crippen molar-refractivity contribution >= 4 is 17.2 Å². The minimum atomic E-state index is 0.124. The number of hydrogen-bond donors (Lipinski definition) is 0. The second-order valence-electron chi connectivity index (χ2n) is 5.15. The van der Waals surface area contributed by atoms with Crippen LogP contribution in [0, 0.1) is 0 Å². The summed E-state index contributed by atoms with van der Waals surface area (Å²) in [4.78, 5) is 15.9. The van der Waals surface area contributed by atoms with Crippen molar-refractivity contribution in [1.29, 1.82) is 0 Å². The average molecular weight is 305 g/mol. The highest BCUT2D eigenvalue weighted by Crippen LogP contribution is 2.20. The Hall–Kier alpha value is -1.66. The highest BCUT2D eigenvalue weighted by atomic mass is 32.1. The Balaban J connectivity index is 1.72. The predicted molar refractivity (Wildman–Crippen MR) is 80.9 cm³/mol. The predicted octanol–water partition coefficient (Wildman–Crippen LogP) is 2.15. The van der Waals surface area contributed by atoms with E-state index in [2.05, 4.69) is 16.5 Å². The maximum absolute atomic E-state index is 12.7. The molecule has 0 spiro atoms. The summed E-state index contributed by atoms with van der Waals surface area (Å²) in [6, 6.07) is 6.22. The Labute approximate surface area is 128 Å². The first-order chi connectivity index (χ1) is 10.3. The molecule has 21 heavy (non-hydrogen) atoms. The fraction of sp³-hybridized carbons (Fsp3) is 0.467. The normalized spacial score (nSPS) is 16.0. The van der Waals surface area contributed by atoms with E-state index in [9.17, 15) is 4.79 Å². The maximum Gasteiger partial charge on any atom is 0.244 e. The topological polar surface area (TPSA) is 47.4 Å². The smallest absolute Gasteiger partial charge is 0.244 e. The number of nitrogens with zero attached hydrogens (tertiary/aromatic N) is 3. The van der Waals surface area contributed by atoms with E-state index in [4.69, 9.17) is 4.74 Å². The molecule has 1 amide bonds. The summed E-state index contributed by atoms with van der Waals surface area (Å²) in [6.45, 7) is 2.46. The molecule has 0 N–H and O–H groups in total. The number of carbonyl (C=O) groups excluding carboxylic acids is 1. The first-order valence-electron chi connectivity index (χ1n) is 7.20. The number of rotatable bonds is 5. The number of aromatic nitrogens is 2. The molecule has 1 fully saturated rings. The van der Waals surface area contributed by atoms with Crippen LogP contribution in [-0.2, 0) is 22.6 Å². The lowest BCUT2D eigenvalue weighted by atomic mass is 10.1. The quantitative estimate of drug-likeness (QED) is 0.850. The summed E-state index contributed by atoms with van der Waals surface area (Å²) in [7, 11) is 0. The molecule has 3 rings (SSSR count). The summed E-state index contributed by atoms with van der Waals surface area (Å²) in [5.74, 6) is 0.124. The van der Waals surface area contributed by atoms with Crippen molar-refractivity contribution in [2.45, 2.75) is 32.0 Å². The number of thiophene rings is 1. The minimum Gasteiger partial charge on any atom is -0.381 e. The van der Waals surface area contributed by atoms with Crippen LogP contribution in [0.2, 0.25) is 0 Å². The van der Waals surface area contributed by atoms with Crippen molar-refractivity contribution in [3.63, 3.8) is 0 Å². The SMILES string of the molecule is O=C(Cn1cccn1)N(Cc1cccs1)C1CCOCC1. The van der Waals surface area contributed by atoms with Crippen LogP contribution in [0.4, 0.5) is 0 Å². The van der Waals surface area contributed by atoms with E-state index in [0.29, 0.717) is 13.1 Å². The van der Waals surface area contributed by atoms with Gasteiger partial charge in [0.2, 0.25) is 5.91 Å². The van der Waals surface area contributed by atoms with Crippen LogP contribution in [0.3, 0.4) is 0 Å². The van der Waals surface area contributed by atoms with E-state index in [1.807, 2.05) is 23.2 Å². The molecule has 6 heteroatoms. The average Bonchev–Trinajstić information content (AvgIpc) is 3.19. The molecule has 0 saturated carbocycles. The zero-order valence-electron chi connectivity index (χ0n) is 11.9. The van der Waals surface area contributed by atoms with E-state index in [0.717, 1.165) is 26.1 Å². The van der Waals surface area contributed by atoms with Crippen molar-refractivity contribution in [3.05, 3.63) is 40.8 Å². The monoisotopic (exact) mass is 305 g/mol. The minimum absolute atomic E-state index is 0.124. The number of hydrogen-bond acceptors (Lipinski definition) is 4. The Bertz CT molecular complexity index is 548. The van der Waals surface area contributed by atoms with Gasteiger partial charge in [-0.15, -0.1) is 11.3 Å². The molecule has 2 aromatic rings. The maximum atomic E-state index is 12.7. The molecule has 0 atom stereocenters. The van der Waals surface area contributed by atoms with Crippen LogP contribution in [0.5, 0.6) is 0 Å². The fourth-order valence-corrected chi connectivity index (χ4v) is 3.31. The van der Waals surface area contributed by atoms with Crippen molar-refractivity contribution in [1.82, 2.24) is 14.7 Å². The van der Waals surface area contributed by atoms with Crippen LogP contribution < -0.4 is 0 Å². The van der Waals surface area contributed by atoms with E-state index in [1.165, 1.54) is 4.88 Å². The van der Waals surface area contributed by atoms with Crippen molar-refractivity contribution < 1.29 is 9.53 Å². The lowest BCUT2D eigenvalue weighted by Gasteiger charge is -2.34. The molecule has 0 bridgehead atoms. The lowest BCUT2D eigenvalue weighted by molar-refractivity contribution is -0.137. The molecular weight excluding hydrogens is 286 g/mol. The summed E-state index contributed by atoms with van der Waals surface area (Å²) in [6.07, 6.45) is 5.35. The van der Waals surface area contributed by atoms with E-state index in [1.54, 1.807) is 22.2 Å². The van der Waals surface area contributed by atoms with Crippen molar-refractivity contribution in [2.75, 3.05) is 13.2 Å². The van der Waals surface area contributed by atoms with Crippen molar-refractivity contribution in [3.8, 4) is 0 Å². The Morgan fingerprint density at radius 2 is 2.29 bits per heavy atom. The molecule has 3 heterocycles. The first-order valence-corrected chi connectivity index (χ1v) is 8.08. The van der Waals surface area contributed by atoms with Gasteiger partial charge < -0.3 is 9.64 Å². The van der Waals surface area contributed by atoms with Crippen LogP contribution in [0.15, 0.2) is 36.0 Å². The van der Waals surface area contributed by atoms with E-state index in [-0.39, 0.29) is 11.9 Å². The fourth-order valence-electron chi connectivity index (χ4n) is 2.61. The molecule has 0 aromatic carbocycles. The highest BCUT2D eigenvalue weighted by Gasteiger charge is 2.26. The Kier molecular flexibility index (Phi) is 4.67. The largest absolute Gasteiger partial charge is 0.381 e. The molecule has 0 radical (unpaired) electrons. The molecule has 112 valence electrons. The zero-order chi connectivity index (χ0) is 14.5. The zero-order valence-corrected chi connectivity index (χ0v) is 12.7. The van der Waals surface area contributed by atoms with Gasteiger partial charge in [-0.3, -0.25) is 9.48 Å². The highest BCUT2D eigenvalue weighted by molar-refractivity contribution is 7.09. The van der Waals surface area contributed by atoms with Crippen LogP contribution in [0.1, 0.15) is 17.7 Å². The van der Waals surface area contributed by atoms with Crippen LogP contribution in [0.25, 0.3) is 0 Å². The molecule has 0 aliphatic carbocycles. The summed E-state index contributed by atoms with van der Waals surface area (Å²) >= 11 is 1.69.